The third-order valence-electron chi connectivity index (χ3n) is 4.46. The largest absolute Gasteiger partial charge is 0.330 e. The van der Waals surface area contributed by atoms with E-state index >= 15 is 0 Å². The number of nitrogens with two attached hydrogens (primary N) is 2. The van der Waals surface area contributed by atoms with Crippen molar-refractivity contribution >= 4 is 11.6 Å². The summed E-state index contributed by atoms with van der Waals surface area (Å²) in [7, 11) is 0. The van der Waals surface area contributed by atoms with Crippen molar-refractivity contribution in [3.63, 3.8) is 0 Å². The summed E-state index contributed by atoms with van der Waals surface area (Å²) in [5.74, 6) is 7.00. The van der Waals surface area contributed by atoms with Gasteiger partial charge in [0.15, 0.2) is 0 Å². The van der Waals surface area contributed by atoms with E-state index in [1.54, 1.807) is 0 Å². The highest BCUT2D eigenvalue weighted by atomic mass is 16.2. The molecule has 4 nitrogen and oxygen atoms in total. The van der Waals surface area contributed by atoms with E-state index in [-0.39, 0.29) is 5.91 Å². The molecule has 0 aromatic heterocycles. The number of unbranched alkanes of at least 4 members (excludes halogenated alkanes) is 1. The summed E-state index contributed by atoms with van der Waals surface area (Å²) in [5.41, 5.74) is 13.1. The molecule has 0 heterocycles. The number of carbonyl (C=O) groups is 1. The Balaban J connectivity index is 1.90. The van der Waals surface area contributed by atoms with E-state index in [0.717, 1.165) is 24.1 Å². The topological polar surface area (TPSA) is 81.1 Å². The maximum atomic E-state index is 12.1. The Kier molecular flexibility index (Phi) is 7.81. The summed E-state index contributed by atoms with van der Waals surface area (Å²) >= 11 is 0. The minimum atomic E-state index is -0.492. The Hall–Kier alpha value is -1.83. The molecule has 1 saturated carbocycles. The van der Waals surface area contributed by atoms with E-state index in [1.807, 2.05) is 24.3 Å². The maximum Gasteiger partial charge on any atom is 0.241 e. The fourth-order valence-corrected chi connectivity index (χ4v) is 2.98. The number of anilines is 1. The minimum absolute atomic E-state index is 0.149. The van der Waals surface area contributed by atoms with Crippen molar-refractivity contribution in [2.45, 2.75) is 57.4 Å². The van der Waals surface area contributed by atoms with Gasteiger partial charge in [0.2, 0.25) is 5.91 Å². The van der Waals surface area contributed by atoms with Gasteiger partial charge in [0.25, 0.3) is 0 Å². The van der Waals surface area contributed by atoms with Gasteiger partial charge in [-0.05, 0) is 50.4 Å². The number of amides is 1. The van der Waals surface area contributed by atoms with E-state index in [2.05, 4.69) is 17.2 Å². The third-order valence-corrected chi connectivity index (χ3v) is 4.46. The standard InChI is InChI=1S/C20H29N3O/c21-14-5-4-11-19(22)20(24)23-18-10-6-9-17(15-18)13-12-16-7-2-1-3-8-16/h6,9-10,15-16,19H,1-5,7-8,11,14,21-22H2,(H,23,24). The van der Waals surface area contributed by atoms with Crippen LogP contribution in [0.2, 0.25) is 0 Å². The maximum absolute atomic E-state index is 12.1. The Labute approximate surface area is 145 Å². The highest BCUT2D eigenvalue weighted by molar-refractivity contribution is 5.94. The normalized spacial score (nSPS) is 16.1. The molecule has 0 saturated heterocycles. The van der Waals surface area contributed by atoms with E-state index < -0.39 is 6.04 Å². The van der Waals surface area contributed by atoms with Gasteiger partial charge < -0.3 is 16.8 Å². The number of hydrogen-bond donors (Lipinski definition) is 3. The van der Waals surface area contributed by atoms with Gasteiger partial charge in [-0.1, -0.05) is 43.6 Å². The molecule has 1 unspecified atom stereocenters. The van der Waals surface area contributed by atoms with Crippen LogP contribution in [0.3, 0.4) is 0 Å². The van der Waals surface area contributed by atoms with Gasteiger partial charge in [-0.15, -0.1) is 0 Å². The van der Waals surface area contributed by atoms with Gasteiger partial charge in [0.1, 0.15) is 0 Å². The first kappa shape index (κ1) is 18.5. The van der Waals surface area contributed by atoms with Crippen molar-refractivity contribution in [2.75, 3.05) is 11.9 Å². The molecule has 1 aliphatic rings. The molecule has 4 heteroatoms. The zero-order valence-electron chi connectivity index (χ0n) is 14.4. The lowest BCUT2D eigenvalue weighted by Gasteiger charge is -2.15. The van der Waals surface area contributed by atoms with Crippen molar-refractivity contribution in [2.24, 2.45) is 17.4 Å². The number of nitrogens with one attached hydrogen (secondary N) is 1. The van der Waals surface area contributed by atoms with Crippen LogP contribution in [0.1, 0.15) is 56.9 Å². The van der Waals surface area contributed by atoms with Gasteiger partial charge >= 0.3 is 0 Å². The highest BCUT2D eigenvalue weighted by Gasteiger charge is 2.13. The molecule has 1 aliphatic carbocycles. The molecule has 2 rings (SSSR count). The number of rotatable bonds is 6. The minimum Gasteiger partial charge on any atom is -0.330 e. The second-order valence-electron chi connectivity index (χ2n) is 6.57. The first-order valence-electron chi connectivity index (χ1n) is 9.07. The van der Waals surface area contributed by atoms with Crippen molar-refractivity contribution < 1.29 is 4.79 Å². The average Bonchev–Trinajstić information content (AvgIpc) is 2.61. The van der Waals surface area contributed by atoms with Crippen molar-refractivity contribution in [1.29, 1.82) is 0 Å². The lowest BCUT2D eigenvalue weighted by molar-refractivity contribution is -0.117. The molecule has 1 aromatic carbocycles. The lowest BCUT2D eigenvalue weighted by Crippen LogP contribution is -2.35. The monoisotopic (exact) mass is 327 g/mol. The highest BCUT2D eigenvalue weighted by Crippen LogP contribution is 2.23. The number of hydrogen-bond acceptors (Lipinski definition) is 3. The van der Waals surface area contributed by atoms with Gasteiger partial charge in [-0.2, -0.15) is 0 Å². The predicted molar refractivity (Wildman–Crippen MR) is 99.4 cm³/mol. The number of benzene rings is 1. The Morgan fingerprint density at radius 1 is 1.25 bits per heavy atom. The SMILES string of the molecule is NCCCCC(N)C(=O)Nc1cccc(C#CC2CCCCC2)c1. The zero-order valence-corrected chi connectivity index (χ0v) is 14.4. The average molecular weight is 327 g/mol. The third kappa shape index (κ3) is 6.35. The van der Waals surface area contributed by atoms with Gasteiger partial charge in [0, 0.05) is 17.2 Å². The van der Waals surface area contributed by atoms with Crippen LogP contribution in [0.4, 0.5) is 5.69 Å². The van der Waals surface area contributed by atoms with Crippen LogP contribution < -0.4 is 16.8 Å². The molecule has 130 valence electrons. The Morgan fingerprint density at radius 2 is 2.04 bits per heavy atom. The molecule has 0 bridgehead atoms. The Morgan fingerprint density at radius 3 is 2.79 bits per heavy atom. The molecule has 0 radical (unpaired) electrons. The van der Waals surface area contributed by atoms with Crippen LogP contribution in [0.15, 0.2) is 24.3 Å². The van der Waals surface area contributed by atoms with Crippen LogP contribution in [-0.2, 0) is 4.79 Å². The van der Waals surface area contributed by atoms with Crippen LogP contribution in [0.25, 0.3) is 0 Å². The van der Waals surface area contributed by atoms with Crippen molar-refractivity contribution in [1.82, 2.24) is 0 Å². The van der Waals surface area contributed by atoms with Crippen molar-refractivity contribution in [3.8, 4) is 11.8 Å². The van der Waals surface area contributed by atoms with Crippen LogP contribution >= 0.6 is 0 Å². The first-order valence-corrected chi connectivity index (χ1v) is 9.07. The van der Waals surface area contributed by atoms with E-state index in [0.29, 0.717) is 18.9 Å². The summed E-state index contributed by atoms with van der Waals surface area (Å²) < 4.78 is 0. The van der Waals surface area contributed by atoms with Gasteiger partial charge in [-0.25, -0.2) is 0 Å². The number of carbonyl (C=O) groups excluding carboxylic acids is 1. The predicted octanol–water partition coefficient (Wildman–Crippen LogP) is 3.01. The fraction of sp³-hybridized carbons (Fsp3) is 0.550. The van der Waals surface area contributed by atoms with Crippen LogP contribution in [0, 0.1) is 17.8 Å². The lowest BCUT2D eigenvalue weighted by atomic mass is 9.90. The van der Waals surface area contributed by atoms with Crippen molar-refractivity contribution in [3.05, 3.63) is 29.8 Å². The molecule has 0 aliphatic heterocycles. The molecule has 5 N–H and O–H groups in total. The van der Waals surface area contributed by atoms with Gasteiger partial charge in [0.05, 0.1) is 6.04 Å². The second-order valence-corrected chi connectivity index (χ2v) is 6.57. The smallest absolute Gasteiger partial charge is 0.241 e. The molecular formula is C20H29N3O. The molecule has 1 fully saturated rings. The molecule has 1 aromatic rings. The quantitative estimate of drug-likeness (QED) is 0.555. The van der Waals surface area contributed by atoms with E-state index in [4.69, 9.17) is 11.5 Å². The summed E-state index contributed by atoms with van der Waals surface area (Å²) in [6.45, 7) is 0.635. The molecular weight excluding hydrogens is 298 g/mol. The summed E-state index contributed by atoms with van der Waals surface area (Å²) in [6.07, 6.45) is 8.76. The molecule has 1 amide bonds. The Bertz CT molecular complexity index is 582. The van der Waals surface area contributed by atoms with Crippen LogP contribution in [0.5, 0.6) is 0 Å². The van der Waals surface area contributed by atoms with E-state index in [9.17, 15) is 4.79 Å². The molecule has 0 spiro atoms. The summed E-state index contributed by atoms with van der Waals surface area (Å²) in [6, 6.07) is 7.19. The first-order chi connectivity index (χ1) is 11.7. The summed E-state index contributed by atoms with van der Waals surface area (Å²) in [4.78, 5) is 12.1. The second kappa shape index (κ2) is 10.1. The molecule has 1 atom stereocenters. The van der Waals surface area contributed by atoms with E-state index in [1.165, 1.54) is 32.1 Å². The zero-order chi connectivity index (χ0) is 17.2. The molecule has 24 heavy (non-hydrogen) atoms. The van der Waals surface area contributed by atoms with Gasteiger partial charge in [-0.3, -0.25) is 4.79 Å². The fourth-order valence-electron chi connectivity index (χ4n) is 2.98. The van der Waals surface area contributed by atoms with Crippen LogP contribution in [-0.4, -0.2) is 18.5 Å². The summed E-state index contributed by atoms with van der Waals surface area (Å²) in [5, 5.41) is 2.88.